The van der Waals surface area contributed by atoms with Crippen molar-refractivity contribution in [1.82, 2.24) is 10.6 Å². The van der Waals surface area contributed by atoms with Gasteiger partial charge in [-0.25, -0.2) is 4.99 Å². The van der Waals surface area contributed by atoms with Gasteiger partial charge in [0, 0.05) is 18.5 Å². The van der Waals surface area contributed by atoms with Gasteiger partial charge in [0.05, 0.1) is 12.6 Å². The first-order valence-electron chi connectivity index (χ1n) is 7.49. The molecule has 0 radical (unpaired) electrons. The molecular weight excluding hydrogens is 262 g/mol. The minimum Gasteiger partial charge on any atom is -0.487 e. The van der Waals surface area contributed by atoms with Crippen molar-refractivity contribution >= 4 is 5.96 Å². The molecule has 1 atom stereocenters. The average Bonchev–Trinajstić information content (AvgIpc) is 2.43. The van der Waals surface area contributed by atoms with Gasteiger partial charge in [-0.3, -0.25) is 0 Å². The van der Waals surface area contributed by atoms with Crippen molar-refractivity contribution in [3.05, 3.63) is 42.5 Å². The fourth-order valence-electron chi connectivity index (χ4n) is 2.57. The molecule has 1 aromatic carbocycles. The van der Waals surface area contributed by atoms with Crippen molar-refractivity contribution in [2.24, 2.45) is 4.99 Å². The summed E-state index contributed by atoms with van der Waals surface area (Å²) in [4.78, 5) is 4.48. The highest BCUT2D eigenvalue weighted by molar-refractivity contribution is 5.80. The van der Waals surface area contributed by atoms with E-state index >= 15 is 0 Å². The van der Waals surface area contributed by atoms with Gasteiger partial charge in [-0.15, -0.1) is 6.58 Å². The van der Waals surface area contributed by atoms with E-state index in [1.165, 1.54) is 5.56 Å². The molecule has 0 aliphatic carbocycles. The van der Waals surface area contributed by atoms with Crippen LogP contribution in [-0.4, -0.2) is 24.7 Å². The molecule has 0 amide bonds. The van der Waals surface area contributed by atoms with Crippen LogP contribution in [0.3, 0.4) is 0 Å². The zero-order chi connectivity index (χ0) is 15.3. The second-order valence-electron chi connectivity index (χ2n) is 5.81. The summed E-state index contributed by atoms with van der Waals surface area (Å²) in [7, 11) is 0. The predicted molar refractivity (Wildman–Crippen MR) is 87.8 cm³/mol. The summed E-state index contributed by atoms with van der Waals surface area (Å²) in [5.41, 5.74) is 0.989. The monoisotopic (exact) mass is 287 g/mol. The van der Waals surface area contributed by atoms with E-state index in [-0.39, 0.29) is 11.6 Å². The Bertz CT molecular complexity index is 523. The second kappa shape index (κ2) is 6.66. The van der Waals surface area contributed by atoms with Gasteiger partial charge in [0.15, 0.2) is 5.96 Å². The van der Waals surface area contributed by atoms with Crippen LogP contribution in [0.25, 0.3) is 0 Å². The lowest BCUT2D eigenvalue weighted by Crippen LogP contribution is -2.45. The summed E-state index contributed by atoms with van der Waals surface area (Å²) in [6.45, 7) is 11.4. The Morgan fingerprint density at radius 1 is 1.48 bits per heavy atom. The summed E-state index contributed by atoms with van der Waals surface area (Å²) >= 11 is 0. The fraction of sp³-hybridized carbons (Fsp3) is 0.471. The van der Waals surface area contributed by atoms with Crippen molar-refractivity contribution < 1.29 is 4.74 Å². The van der Waals surface area contributed by atoms with Crippen LogP contribution < -0.4 is 15.4 Å². The van der Waals surface area contributed by atoms with E-state index in [4.69, 9.17) is 4.74 Å². The maximum Gasteiger partial charge on any atom is 0.192 e. The van der Waals surface area contributed by atoms with Gasteiger partial charge in [0.1, 0.15) is 11.4 Å². The summed E-state index contributed by atoms with van der Waals surface area (Å²) in [6, 6.07) is 8.38. The van der Waals surface area contributed by atoms with Crippen LogP contribution in [0.1, 0.15) is 38.8 Å². The predicted octanol–water partition coefficient (Wildman–Crippen LogP) is 3.03. The first kappa shape index (κ1) is 15.4. The molecule has 2 rings (SSSR count). The normalized spacial score (nSPS) is 20.1. The van der Waals surface area contributed by atoms with Crippen LogP contribution in [0.4, 0.5) is 0 Å². The van der Waals surface area contributed by atoms with E-state index in [2.05, 4.69) is 49.0 Å². The minimum atomic E-state index is -0.193. The van der Waals surface area contributed by atoms with Crippen LogP contribution in [0.5, 0.6) is 5.75 Å². The molecule has 1 aliphatic rings. The Kier molecular flexibility index (Phi) is 4.89. The highest BCUT2D eigenvalue weighted by Gasteiger charge is 2.33. The second-order valence-corrected chi connectivity index (χ2v) is 5.81. The third-order valence-corrected chi connectivity index (χ3v) is 3.41. The number of fused-ring (bicyclic) bond motifs is 1. The number of guanidine groups is 1. The first-order valence-corrected chi connectivity index (χ1v) is 7.49. The van der Waals surface area contributed by atoms with Crippen molar-refractivity contribution in [3.8, 4) is 5.75 Å². The van der Waals surface area contributed by atoms with E-state index in [1.807, 2.05) is 18.2 Å². The molecule has 4 nitrogen and oxygen atoms in total. The summed E-state index contributed by atoms with van der Waals surface area (Å²) in [6.07, 6.45) is 2.68. The summed E-state index contributed by atoms with van der Waals surface area (Å²) in [5, 5.41) is 6.79. The molecule has 0 saturated heterocycles. The molecule has 0 fully saturated rings. The molecule has 0 spiro atoms. The van der Waals surface area contributed by atoms with Crippen molar-refractivity contribution in [2.75, 3.05) is 13.1 Å². The van der Waals surface area contributed by atoms with Gasteiger partial charge < -0.3 is 15.4 Å². The van der Waals surface area contributed by atoms with Gasteiger partial charge >= 0.3 is 0 Å². The largest absolute Gasteiger partial charge is 0.487 e. The smallest absolute Gasteiger partial charge is 0.192 e. The number of ether oxygens (including phenoxy) is 1. The maximum absolute atomic E-state index is 6.06. The third kappa shape index (κ3) is 4.00. The Hall–Kier alpha value is -1.97. The van der Waals surface area contributed by atoms with E-state index in [1.54, 1.807) is 6.08 Å². The zero-order valence-corrected chi connectivity index (χ0v) is 13.1. The number of para-hydroxylation sites is 1. The van der Waals surface area contributed by atoms with Gasteiger partial charge in [-0.1, -0.05) is 24.3 Å². The average molecular weight is 287 g/mol. The van der Waals surface area contributed by atoms with Crippen LogP contribution in [0.2, 0.25) is 0 Å². The topological polar surface area (TPSA) is 45.7 Å². The van der Waals surface area contributed by atoms with Crippen molar-refractivity contribution in [2.45, 2.75) is 38.8 Å². The van der Waals surface area contributed by atoms with Gasteiger partial charge in [0.2, 0.25) is 0 Å². The Morgan fingerprint density at radius 2 is 2.24 bits per heavy atom. The van der Waals surface area contributed by atoms with E-state index in [9.17, 15) is 0 Å². The maximum atomic E-state index is 6.06. The molecule has 2 N–H and O–H groups in total. The van der Waals surface area contributed by atoms with Gasteiger partial charge in [-0.05, 0) is 26.8 Å². The van der Waals surface area contributed by atoms with Gasteiger partial charge in [-0.2, -0.15) is 0 Å². The zero-order valence-electron chi connectivity index (χ0n) is 13.1. The molecule has 0 aromatic heterocycles. The molecule has 1 aromatic rings. The highest BCUT2D eigenvalue weighted by atomic mass is 16.5. The third-order valence-electron chi connectivity index (χ3n) is 3.41. The molecule has 0 saturated carbocycles. The number of nitrogens with one attached hydrogen (secondary N) is 2. The number of hydrogen-bond acceptors (Lipinski definition) is 2. The molecule has 4 heteroatoms. The van der Waals surface area contributed by atoms with Crippen molar-refractivity contribution in [1.29, 1.82) is 0 Å². The molecule has 0 bridgehead atoms. The van der Waals surface area contributed by atoms with E-state index in [0.717, 1.165) is 24.7 Å². The summed E-state index contributed by atoms with van der Waals surface area (Å²) in [5.74, 6) is 1.76. The number of rotatable bonds is 4. The van der Waals surface area contributed by atoms with E-state index in [0.29, 0.717) is 6.54 Å². The molecule has 1 heterocycles. The molecule has 114 valence electrons. The Balaban J connectivity index is 2.23. The van der Waals surface area contributed by atoms with Crippen LogP contribution in [-0.2, 0) is 0 Å². The SMILES string of the molecule is C=CCN=C(NCC)NC1CC(C)(C)Oc2ccccc21. The molecule has 1 aliphatic heterocycles. The molecule has 21 heavy (non-hydrogen) atoms. The van der Waals surface area contributed by atoms with Gasteiger partial charge in [0.25, 0.3) is 0 Å². The Morgan fingerprint density at radius 3 is 2.95 bits per heavy atom. The lowest BCUT2D eigenvalue weighted by molar-refractivity contribution is 0.0694. The lowest BCUT2D eigenvalue weighted by Gasteiger charge is -2.38. The van der Waals surface area contributed by atoms with Crippen LogP contribution >= 0.6 is 0 Å². The number of aliphatic imine (C=N–C) groups is 1. The number of hydrogen-bond donors (Lipinski definition) is 2. The van der Waals surface area contributed by atoms with Crippen LogP contribution in [0.15, 0.2) is 41.9 Å². The van der Waals surface area contributed by atoms with E-state index < -0.39 is 0 Å². The quantitative estimate of drug-likeness (QED) is 0.508. The number of benzene rings is 1. The molecular formula is C17H25N3O. The Labute approximate surface area is 127 Å². The first-order chi connectivity index (χ1) is 10.1. The fourth-order valence-corrected chi connectivity index (χ4v) is 2.57. The minimum absolute atomic E-state index is 0.188. The standard InChI is InChI=1S/C17H25N3O/c1-5-11-19-16(18-6-2)20-14-12-17(3,4)21-15-10-8-7-9-13(14)15/h5,7-10,14H,1,6,11-12H2,2-4H3,(H2,18,19,20). The highest BCUT2D eigenvalue weighted by Crippen LogP contribution is 2.39. The lowest BCUT2D eigenvalue weighted by atomic mass is 9.90. The number of nitrogens with zero attached hydrogens (tertiary/aromatic N) is 1. The van der Waals surface area contributed by atoms with Crippen LogP contribution in [0, 0.1) is 0 Å². The molecule has 1 unspecified atom stereocenters. The van der Waals surface area contributed by atoms with Crippen molar-refractivity contribution in [3.63, 3.8) is 0 Å². The summed E-state index contributed by atoms with van der Waals surface area (Å²) < 4.78 is 6.06.